The Morgan fingerprint density at radius 1 is 0.800 bits per heavy atom. The van der Waals surface area contributed by atoms with Crippen molar-refractivity contribution >= 4 is 69.5 Å². The molecule has 6 heteroatoms. The molecule has 0 unspecified atom stereocenters. The quantitative estimate of drug-likeness (QED) is 0.0941. The Bertz CT molecular complexity index is 2190. The van der Waals surface area contributed by atoms with Gasteiger partial charge in [-0.25, -0.2) is 0 Å². The maximum absolute atomic E-state index is 12.2. The molecule has 0 atom stereocenters. The van der Waals surface area contributed by atoms with Gasteiger partial charge in [0.05, 0.1) is 0 Å². The summed E-state index contributed by atoms with van der Waals surface area (Å²) in [5.74, 6) is 0.286. The third kappa shape index (κ3) is 7.51. The largest absolute Gasteiger partial charge is 0.512 e. The fourth-order valence-corrected chi connectivity index (χ4v) is 8.71. The van der Waals surface area contributed by atoms with E-state index in [1.54, 1.807) is 0 Å². The van der Waals surface area contributed by atoms with E-state index in [2.05, 4.69) is 89.2 Å². The number of allylic oxidation sites excluding steroid dienone is 2. The molecule has 267 valence electrons. The number of hydrogen-bond acceptors (Lipinski definition) is 5. The standard InChI is InChI=1S/C29H24NS2.C15H28O2.Ir/c1-16-17(2)31-25-15-23-21-10-11-30-27(28(21)32-26(23)14-22(16)25)19-12-18-8-6-7-9-20(18)24(13-19)29(3,4)5;1-7-14(5,8-2)12(16)11-13(17)15(6,9-3)10-4;/h6-11,13-15H,1-5H3;11,16H,7-10H2,1-6H3;/q-1;;/b;12-11-;. The topological polar surface area (TPSA) is 50.2 Å². The third-order valence-electron chi connectivity index (χ3n) is 11.1. The van der Waals surface area contributed by atoms with E-state index in [4.69, 9.17) is 4.98 Å². The van der Waals surface area contributed by atoms with Crippen molar-refractivity contribution in [2.75, 3.05) is 0 Å². The van der Waals surface area contributed by atoms with Crippen LogP contribution >= 0.6 is 22.7 Å². The van der Waals surface area contributed by atoms with Gasteiger partial charge < -0.3 is 5.11 Å². The minimum atomic E-state index is -0.337. The number of aromatic nitrogens is 1. The SMILES string of the molecule is CCC(C)(CC)C(=O)/C=C(\O)C(C)(CC)CC.Cc1sc2cc3c(cc2c1C)sc1c(-c2[c-]c4ccccc4c(C(C)(C)C)c2)nccc13.[Ir]. The summed E-state index contributed by atoms with van der Waals surface area (Å²) in [4.78, 5) is 18.5. The third-order valence-corrected chi connectivity index (χ3v) is 13.5. The molecule has 0 saturated heterocycles. The summed E-state index contributed by atoms with van der Waals surface area (Å²) in [5.41, 5.74) is 4.30. The average Bonchev–Trinajstić information content (AvgIpc) is 3.60. The average molecular weight is 883 g/mol. The number of benzene rings is 3. The van der Waals surface area contributed by atoms with Gasteiger partial charge in [-0.3, -0.25) is 9.78 Å². The Morgan fingerprint density at radius 3 is 2.02 bits per heavy atom. The van der Waals surface area contributed by atoms with Crippen molar-refractivity contribution in [3.63, 3.8) is 0 Å². The van der Waals surface area contributed by atoms with Gasteiger partial charge in [-0.1, -0.05) is 91.5 Å². The van der Waals surface area contributed by atoms with Gasteiger partial charge in [0.1, 0.15) is 5.76 Å². The van der Waals surface area contributed by atoms with Gasteiger partial charge >= 0.3 is 0 Å². The van der Waals surface area contributed by atoms with Crippen LogP contribution in [0, 0.1) is 30.7 Å². The van der Waals surface area contributed by atoms with Crippen LogP contribution in [0.4, 0.5) is 0 Å². The molecular formula is C44H52IrNO2S2-. The Labute approximate surface area is 320 Å². The monoisotopic (exact) mass is 883 g/mol. The number of nitrogens with zero attached hydrogens (tertiary/aromatic N) is 1. The van der Waals surface area contributed by atoms with Crippen molar-refractivity contribution in [3.8, 4) is 11.3 Å². The van der Waals surface area contributed by atoms with Crippen molar-refractivity contribution in [1.29, 1.82) is 0 Å². The predicted molar refractivity (Wildman–Crippen MR) is 216 cm³/mol. The molecule has 0 bridgehead atoms. The van der Waals surface area contributed by atoms with Crippen LogP contribution in [0.25, 0.3) is 52.3 Å². The second-order valence-electron chi connectivity index (χ2n) is 15.1. The molecular weight excluding hydrogens is 831 g/mol. The molecule has 0 aliphatic carbocycles. The normalized spacial score (nSPS) is 12.7. The first-order valence-electron chi connectivity index (χ1n) is 17.7. The van der Waals surface area contributed by atoms with Gasteiger partial charge in [0.25, 0.3) is 0 Å². The first-order valence-corrected chi connectivity index (χ1v) is 19.4. The number of pyridine rings is 1. The first-order chi connectivity index (χ1) is 23.1. The Balaban J connectivity index is 0.000000269. The Kier molecular flexibility index (Phi) is 12.3. The number of aliphatic hydroxyl groups excluding tert-OH is 1. The van der Waals surface area contributed by atoms with E-state index in [9.17, 15) is 9.90 Å². The van der Waals surface area contributed by atoms with Gasteiger partial charge in [-0.2, -0.15) is 0 Å². The van der Waals surface area contributed by atoms with Crippen LogP contribution in [-0.2, 0) is 30.3 Å². The summed E-state index contributed by atoms with van der Waals surface area (Å²) in [5, 5.41) is 16.6. The van der Waals surface area contributed by atoms with Gasteiger partial charge in [0.2, 0.25) is 0 Å². The van der Waals surface area contributed by atoms with Crippen molar-refractivity contribution in [1.82, 2.24) is 4.98 Å². The minimum Gasteiger partial charge on any atom is -0.512 e. The number of ketones is 1. The van der Waals surface area contributed by atoms with Gasteiger partial charge in [0.15, 0.2) is 5.78 Å². The maximum Gasteiger partial charge on any atom is 0.164 e. The van der Waals surface area contributed by atoms with Crippen molar-refractivity contribution in [3.05, 3.63) is 88.6 Å². The number of aliphatic hydroxyl groups is 1. The Morgan fingerprint density at radius 2 is 1.40 bits per heavy atom. The molecule has 6 rings (SSSR count). The van der Waals surface area contributed by atoms with Gasteiger partial charge in [0, 0.05) is 73.3 Å². The molecule has 1 N–H and O–H groups in total. The second-order valence-corrected chi connectivity index (χ2v) is 17.4. The van der Waals surface area contributed by atoms with E-state index < -0.39 is 0 Å². The van der Waals surface area contributed by atoms with Crippen LogP contribution in [-0.4, -0.2) is 15.9 Å². The molecule has 0 aliphatic rings. The predicted octanol–water partition coefficient (Wildman–Crippen LogP) is 13.8. The van der Waals surface area contributed by atoms with E-state index in [1.807, 2.05) is 70.4 Å². The van der Waals surface area contributed by atoms with Crippen molar-refractivity contribution < 1.29 is 30.0 Å². The van der Waals surface area contributed by atoms with Crippen LogP contribution in [0.15, 0.2) is 66.6 Å². The van der Waals surface area contributed by atoms with Crippen LogP contribution < -0.4 is 0 Å². The fraction of sp³-hybridized carbons (Fsp3) is 0.409. The van der Waals surface area contributed by atoms with Crippen LogP contribution in [0.2, 0.25) is 0 Å². The van der Waals surface area contributed by atoms with Crippen molar-refractivity contribution in [2.45, 2.75) is 107 Å². The van der Waals surface area contributed by atoms with E-state index in [-0.39, 0.29) is 47.9 Å². The molecule has 0 fully saturated rings. The van der Waals surface area contributed by atoms with Crippen LogP contribution in [0.5, 0.6) is 0 Å². The molecule has 0 aliphatic heterocycles. The number of fused-ring (bicyclic) bond motifs is 5. The van der Waals surface area contributed by atoms with E-state index in [0.29, 0.717) is 0 Å². The van der Waals surface area contributed by atoms with E-state index >= 15 is 0 Å². The van der Waals surface area contributed by atoms with E-state index in [1.165, 1.54) is 57.7 Å². The molecule has 50 heavy (non-hydrogen) atoms. The molecule has 0 spiro atoms. The zero-order chi connectivity index (χ0) is 35.9. The van der Waals surface area contributed by atoms with Crippen LogP contribution in [0.1, 0.15) is 104 Å². The zero-order valence-corrected chi connectivity index (χ0v) is 35.6. The fourth-order valence-electron chi connectivity index (χ4n) is 6.39. The number of hydrogen-bond donors (Lipinski definition) is 1. The number of carbonyl (C=O) groups is 1. The molecule has 3 aromatic carbocycles. The smallest absolute Gasteiger partial charge is 0.164 e. The van der Waals surface area contributed by atoms with Crippen molar-refractivity contribution in [2.24, 2.45) is 10.8 Å². The number of thiophene rings is 2. The molecule has 3 heterocycles. The van der Waals surface area contributed by atoms with E-state index in [0.717, 1.165) is 42.3 Å². The summed E-state index contributed by atoms with van der Waals surface area (Å²) in [6.07, 6.45) is 6.71. The first kappa shape index (κ1) is 39.9. The maximum atomic E-state index is 12.2. The summed E-state index contributed by atoms with van der Waals surface area (Å²) in [6, 6.07) is 21.5. The summed E-state index contributed by atoms with van der Waals surface area (Å²) in [7, 11) is 0. The molecule has 0 saturated carbocycles. The molecule has 0 amide bonds. The molecule has 1 radical (unpaired) electrons. The number of rotatable bonds is 8. The summed E-state index contributed by atoms with van der Waals surface area (Å²) >= 11 is 3.75. The molecule has 3 aromatic heterocycles. The molecule has 6 aromatic rings. The summed E-state index contributed by atoms with van der Waals surface area (Å²) in [6.45, 7) is 23.4. The summed E-state index contributed by atoms with van der Waals surface area (Å²) < 4.78 is 3.96. The Hall–Kier alpha value is -2.89. The second kappa shape index (κ2) is 15.4. The number of carbonyl (C=O) groups excluding carboxylic acids is 1. The molecule has 3 nitrogen and oxygen atoms in total. The number of aryl methyl sites for hydroxylation is 2. The van der Waals surface area contributed by atoms with Crippen LogP contribution in [0.3, 0.4) is 0 Å². The van der Waals surface area contributed by atoms with Gasteiger partial charge in [-0.05, 0) is 79.5 Å². The minimum absolute atomic E-state index is 0. The van der Waals surface area contributed by atoms with Gasteiger partial charge in [-0.15, -0.1) is 51.8 Å². The zero-order valence-electron chi connectivity index (χ0n) is 31.6.